The van der Waals surface area contributed by atoms with Crippen molar-refractivity contribution in [3.8, 4) is 16.4 Å². The number of nitrogens with two attached hydrogens (primary N) is 1. The lowest BCUT2D eigenvalue weighted by Crippen LogP contribution is -2.15. The fourth-order valence-electron chi connectivity index (χ4n) is 2.66. The van der Waals surface area contributed by atoms with Gasteiger partial charge in [-0.15, -0.1) is 11.3 Å². The van der Waals surface area contributed by atoms with Gasteiger partial charge in [0.05, 0.1) is 5.56 Å². The van der Waals surface area contributed by atoms with E-state index >= 15 is 0 Å². The van der Waals surface area contributed by atoms with Crippen LogP contribution < -0.4 is 11.4 Å². The van der Waals surface area contributed by atoms with Crippen molar-refractivity contribution in [2.45, 2.75) is 0 Å². The largest absolute Gasteiger partial charge is 0.478 e. The second-order valence-corrected chi connectivity index (χ2v) is 6.48. The Morgan fingerprint density at radius 1 is 1.15 bits per heavy atom. The molecule has 0 fully saturated rings. The van der Waals surface area contributed by atoms with Gasteiger partial charge in [0.2, 0.25) is 0 Å². The number of primary amides is 1. The van der Waals surface area contributed by atoms with E-state index in [9.17, 15) is 14.4 Å². The number of aromatic carboxylic acids is 1. The number of fused-ring (bicyclic) bond motifs is 1. The van der Waals surface area contributed by atoms with Crippen LogP contribution in [0.25, 0.3) is 27.6 Å². The van der Waals surface area contributed by atoms with Crippen molar-refractivity contribution in [2.24, 2.45) is 5.73 Å². The highest BCUT2D eigenvalue weighted by atomic mass is 32.1. The summed E-state index contributed by atoms with van der Waals surface area (Å²) >= 11 is 1.33. The first kappa shape index (κ1) is 16.7. The summed E-state index contributed by atoms with van der Waals surface area (Å²) in [5.41, 5.74) is 5.79. The SMILES string of the molecule is NC(=O)c1nc(-c2ccc(C(=O)O)cc2)nc2c1[nH]c(=O)n2-c1cccs1. The minimum atomic E-state index is -1.06. The summed E-state index contributed by atoms with van der Waals surface area (Å²) in [4.78, 5) is 46.5. The van der Waals surface area contributed by atoms with Gasteiger partial charge in [0, 0.05) is 5.56 Å². The molecule has 0 bridgehead atoms. The number of imidazole rings is 1. The van der Waals surface area contributed by atoms with Crippen LogP contribution in [0.4, 0.5) is 0 Å². The fourth-order valence-corrected chi connectivity index (χ4v) is 3.38. The molecular formula is C17H11N5O4S. The number of aromatic nitrogens is 4. The quantitative estimate of drug-likeness (QED) is 0.490. The predicted octanol–water partition coefficient (Wildman–Crippen LogP) is 1.63. The third kappa shape index (κ3) is 2.77. The van der Waals surface area contributed by atoms with Crippen molar-refractivity contribution < 1.29 is 14.7 Å². The highest BCUT2D eigenvalue weighted by Gasteiger charge is 2.20. The number of rotatable bonds is 4. The lowest BCUT2D eigenvalue weighted by molar-refractivity contribution is 0.0696. The first-order chi connectivity index (χ1) is 13.0. The van der Waals surface area contributed by atoms with E-state index in [2.05, 4.69) is 15.0 Å². The van der Waals surface area contributed by atoms with Crippen LogP contribution >= 0.6 is 11.3 Å². The molecule has 27 heavy (non-hydrogen) atoms. The lowest BCUT2D eigenvalue weighted by Gasteiger charge is -2.05. The van der Waals surface area contributed by atoms with E-state index in [4.69, 9.17) is 10.8 Å². The van der Waals surface area contributed by atoms with Gasteiger partial charge in [-0.2, -0.15) is 0 Å². The topological polar surface area (TPSA) is 144 Å². The van der Waals surface area contributed by atoms with E-state index in [0.717, 1.165) is 0 Å². The van der Waals surface area contributed by atoms with Crippen molar-refractivity contribution >= 4 is 34.4 Å². The first-order valence-corrected chi connectivity index (χ1v) is 8.54. The van der Waals surface area contributed by atoms with Crippen LogP contribution in [0.2, 0.25) is 0 Å². The second kappa shape index (κ2) is 6.18. The van der Waals surface area contributed by atoms with Gasteiger partial charge in [-0.25, -0.2) is 24.1 Å². The number of hydrogen-bond donors (Lipinski definition) is 3. The Morgan fingerprint density at radius 3 is 2.48 bits per heavy atom. The van der Waals surface area contributed by atoms with Crippen molar-refractivity contribution in [3.63, 3.8) is 0 Å². The molecule has 0 radical (unpaired) electrons. The molecule has 10 heteroatoms. The molecule has 0 atom stereocenters. The number of nitrogens with one attached hydrogen (secondary N) is 1. The number of nitrogens with zero attached hydrogens (tertiary/aromatic N) is 3. The Hall–Kier alpha value is -3.79. The minimum absolute atomic E-state index is 0.104. The van der Waals surface area contributed by atoms with Crippen molar-refractivity contribution in [3.05, 3.63) is 63.5 Å². The number of H-pyrrole nitrogens is 1. The molecule has 3 aromatic heterocycles. The molecule has 1 amide bonds. The molecule has 4 rings (SSSR count). The molecule has 1 aromatic carbocycles. The number of thiophene rings is 1. The molecule has 0 aliphatic heterocycles. The van der Waals surface area contributed by atoms with Gasteiger partial charge in [-0.1, -0.05) is 12.1 Å². The average Bonchev–Trinajstić information content (AvgIpc) is 3.27. The highest BCUT2D eigenvalue weighted by Crippen LogP contribution is 2.23. The lowest BCUT2D eigenvalue weighted by atomic mass is 10.1. The molecule has 0 saturated heterocycles. The van der Waals surface area contributed by atoms with Gasteiger partial charge in [-0.3, -0.25) is 4.79 Å². The van der Waals surface area contributed by atoms with Gasteiger partial charge in [0.1, 0.15) is 10.5 Å². The van der Waals surface area contributed by atoms with Crippen LogP contribution in [0, 0.1) is 0 Å². The smallest absolute Gasteiger partial charge is 0.335 e. The summed E-state index contributed by atoms with van der Waals surface area (Å²) in [6.07, 6.45) is 0. The first-order valence-electron chi connectivity index (χ1n) is 7.66. The monoisotopic (exact) mass is 381 g/mol. The Balaban J connectivity index is 1.99. The summed E-state index contributed by atoms with van der Waals surface area (Å²) in [5.74, 6) is -1.73. The number of carbonyl (C=O) groups is 2. The molecule has 9 nitrogen and oxygen atoms in total. The van der Waals surface area contributed by atoms with Gasteiger partial charge in [0.25, 0.3) is 5.91 Å². The number of carboxylic acid groups (broad SMARTS) is 1. The van der Waals surface area contributed by atoms with Gasteiger partial charge in [-0.05, 0) is 29.6 Å². The molecule has 4 aromatic rings. The minimum Gasteiger partial charge on any atom is -0.478 e. The molecular weight excluding hydrogens is 370 g/mol. The summed E-state index contributed by atoms with van der Waals surface area (Å²) in [5, 5.41) is 11.4. The standard InChI is InChI=1S/C17H11N5O4S/c18-13(23)11-12-15(22(17(26)20-12)10-2-1-7-27-10)21-14(19-11)8-3-5-9(6-4-8)16(24)25/h1-7H,(H2,18,23)(H,20,26)(H,24,25). The number of hydrogen-bond acceptors (Lipinski definition) is 6. The van der Waals surface area contributed by atoms with Gasteiger partial charge < -0.3 is 15.8 Å². The summed E-state index contributed by atoms with van der Waals surface area (Å²) < 4.78 is 1.34. The van der Waals surface area contributed by atoms with Gasteiger partial charge >= 0.3 is 11.7 Å². The fraction of sp³-hybridized carbons (Fsp3) is 0. The molecule has 0 spiro atoms. The zero-order valence-corrected chi connectivity index (χ0v) is 14.4. The maximum atomic E-state index is 12.4. The number of amides is 1. The molecule has 0 saturated carbocycles. The molecule has 4 N–H and O–H groups in total. The van der Waals surface area contributed by atoms with E-state index in [1.165, 1.54) is 40.2 Å². The van der Waals surface area contributed by atoms with Gasteiger partial charge in [0.15, 0.2) is 17.2 Å². The van der Waals surface area contributed by atoms with Crippen molar-refractivity contribution in [1.82, 2.24) is 19.5 Å². The van der Waals surface area contributed by atoms with Crippen LogP contribution in [0.5, 0.6) is 0 Å². The maximum absolute atomic E-state index is 12.4. The van der Waals surface area contributed by atoms with E-state index < -0.39 is 17.6 Å². The average molecular weight is 381 g/mol. The van der Waals surface area contributed by atoms with E-state index in [1.54, 1.807) is 12.1 Å². The number of carbonyl (C=O) groups excluding carboxylic acids is 1. The second-order valence-electron chi connectivity index (χ2n) is 5.56. The van der Waals surface area contributed by atoms with Crippen LogP contribution in [-0.4, -0.2) is 36.5 Å². The third-order valence-electron chi connectivity index (χ3n) is 3.89. The van der Waals surface area contributed by atoms with E-state index in [-0.39, 0.29) is 28.2 Å². The number of benzene rings is 1. The van der Waals surface area contributed by atoms with Crippen LogP contribution in [0.3, 0.4) is 0 Å². The zero-order valence-electron chi connectivity index (χ0n) is 13.5. The molecule has 0 unspecified atom stereocenters. The van der Waals surface area contributed by atoms with E-state index in [1.807, 2.05) is 5.38 Å². The summed E-state index contributed by atoms with van der Waals surface area (Å²) in [7, 11) is 0. The number of aromatic amines is 1. The Labute approximate surface area is 154 Å². The van der Waals surface area contributed by atoms with Crippen LogP contribution in [0.15, 0.2) is 46.6 Å². The van der Waals surface area contributed by atoms with Crippen LogP contribution in [-0.2, 0) is 0 Å². The molecule has 0 aliphatic rings. The van der Waals surface area contributed by atoms with Crippen LogP contribution in [0.1, 0.15) is 20.8 Å². The Bertz CT molecular complexity index is 1240. The summed E-state index contributed by atoms with van der Waals surface area (Å²) in [6.45, 7) is 0. The van der Waals surface area contributed by atoms with Crippen molar-refractivity contribution in [2.75, 3.05) is 0 Å². The maximum Gasteiger partial charge on any atom is 0.335 e. The third-order valence-corrected chi connectivity index (χ3v) is 4.74. The molecule has 0 aliphatic carbocycles. The molecule has 134 valence electrons. The Kier molecular flexibility index (Phi) is 3.81. The summed E-state index contributed by atoms with van der Waals surface area (Å²) in [6, 6.07) is 9.38. The highest BCUT2D eigenvalue weighted by molar-refractivity contribution is 7.12. The number of carboxylic acids is 1. The Morgan fingerprint density at radius 2 is 1.89 bits per heavy atom. The molecule has 3 heterocycles. The van der Waals surface area contributed by atoms with E-state index in [0.29, 0.717) is 10.6 Å². The zero-order chi connectivity index (χ0) is 19.1. The van der Waals surface area contributed by atoms with Crippen molar-refractivity contribution in [1.29, 1.82) is 0 Å². The predicted molar refractivity (Wildman–Crippen MR) is 98.3 cm³/mol. The normalized spacial score (nSPS) is 11.0.